The molecule has 0 amide bonds. The van der Waals surface area contributed by atoms with Crippen molar-refractivity contribution in [2.75, 3.05) is 11.9 Å². The summed E-state index contributed by atoms with van der Waals surface area (Å²) in [6.45, 7) is 0.390. The van der Waals surface area contributed by atoms with Crippen LogP contribution in [0.25, 0.3) is 10.9 Å². The van der Waals surface area contributed by atoms with Crippen LogP contribution in [0.15, 0.2) is 36.4 Å². The molecule has 2 rings (SSSR count). The Balaban J connectivity index is 2.10. The van der Waals surface area contributed by atoms with Gasteiger partial charge in [-0.2, -0.15) is 0 Å². The van der Waals surface area contributed by atoms with Gasteiger partial charge in [-0.3, -0.25) is 4.79 Å². The molecule has 2 N–H and O–H groups in total. The van der Waals surface area contributed by atoms with Crippen LogP contribution in [0.2, 0.25) is 0 Å². The van der Waals surface area contributed by atoms with E-state index in [1.807, 2.05) is 36.4 Å². The zero-order chi connectivity index (χ0) is 11.4. The van der Waals surface area contributed by atoms with Crippen LogP contribution in [-0.4, -0.2) is 22.6 Å². The van der Waals surface area contributed by atoms with Gasteiger partial charge in [-0.05, 0) is 18.2 Å². The van der Waals surface area contributed by atoms with E-state index in [1.54, 1.807) is 0 Å². The van der Waals surface area contributed by atoms with Crippen LogP contribution in [0.1, 0.15) is 6.42 Å². The van der Waals surface area contributed by atoms with Crippen LogP contribution in [0, 0.1) is 0 Å². The van der Waals surface area contributed by atoms with Crippen molar-refractivity contribution < 1.29 is 9.90 Å². The molecular formula is C12H12N2O2. The smallest absolute Gasteiger partial charge is 0.305 e. The SMILES string of the molecule is O=C(O)CCNc1ccc2ccccc2n1. The highest BCUT2D eigenvalue weighted by Crippen LogP contribution is 2.14. The summed E-state index contributed by atoms with van der Waals surface area (Å²) in [4.78, 5) is 14.7. The van der Waals surface area contributed by atoms with Gasteiger partial charge < -0.3 is 10.4 Å². The van der Waals surface area contributed by atoms with E-state index in [4.69, 9.17) is 5.11 Å². The maximum atomic E-state index is 10.3. The number of anilines is 1. The molecule has 0 aliphatic rings. The van der Waals surface area contributed by atoms with Gasteiger partial charge in [-0.25, -0.2) is 4.98 Å². The lowest BCUT2D eigenvalue weighted by Crippen LogP contribution is -2.08. The van der Waals surface area contributed by atoms with E-state index < -0.39 is 5.97 Å². The first-order valence-electron chi connectivity index (χ1n) is 5.07. The van der Waals surface area contributed by atoms with E-state index in [2.05, 4.69) is 10.3 Å². The number of nitrogens with one attached hydrogen (secondary N) is 1. The van der Waals surface area contributed by atoms with Gasteiger partial charge in [0.1, 0.15) is 5.82 Å². The monoisotopic (exact) mass is 216 g/mol. The highest BCUT2D eigenvalue weighted by atomic mass is 16.4. The molecule has 0 saturated heterocycles. The lowest BCUT2D eigenvalue weighted by Gasteiger charge is -2.04. The average Bonchev–Trinajstić information content (AvgIpc) is 2.28. The first kappa shape index (κ1) is 10.4. The summed E-state index contributed by atoms with van der Waals surface area (Å²) in [5.41, 5.74) is 0.905. The van der Waals surface area contributed by atoms with Gasteiger partial charge in [-0.1, -0.05) is 18.2 Å². The molecule has 0 bridgehead atoms. The fourth-order valence-electron chi connectivity index (χ4n) is 1.46. The molecule has 1 heterocycles. The van der Waals surface area contributed by atoms with Crippen molar-refractivity contribution in [2.24, 2.45) is 0 Å². The molecule has 0 fully saturated rings. The van der Waals surface area contributed by atoms with Crippen molar-refractivity contribution in [3.8, 4) is 0 Å². The van der Waals surface area contributed by atoms with Gasteiger partial charge in [0.2, 0.25) is 0 Å². The minimum Gasteiger partial charge on any atom is -0.481 e. The van der Waals surface area contributed by atoms with E-state index in [-0.39, 0.29) is 6.42 Å². The highest BCUT2D eigenvalue weighted by Gasteiger charge is 1.99. The number of hydrogen-bond acceptors (Lipinski definition) is 3. The zero-order valence-electron chi connectivity index (χ0n) is 8.68. The first-order chi connectivity index (χ1) is 7.75. The van der Waals surface area contributed by atoms with Gasteiger partial charge in [0, 0.05) is 11.9 Å². The van der Waals surface area contributed by atoms with Crippen LogP contribution < -0.4 is 5.32 Å². The molecule has 16 heavy (non-hydrogen) atoms. The number of nitrogens with zero attached hydrogens (tertiary/aromatic N) is 1. The average molecular weight is 216 g/mol. The Kier molecular flexibility index (Phi) is 3.00. The molecule has 4 nitrogen and oxygen atoms in total. The summed E-state index contributed by atoms with van der Waals surface area (Å²) in [7, 11) is 0. The number of rotatable bonds is 4. The van der Waals surface area contributed by atoms with Crippen LogP contribution in [0.4, 0.5) is 5.82 Å². The summed E-state index contributed by atoms with van der Waals surface area (Å²) in [6, 6.07) is 11.6. The lowest BCUT2D eigenvalue weighted by atomic mass is 10.2. The summed E-state index contributed by atoms with van der Waals surface area (Å²) in [5.74, 6) is -0.103. The van der Waals surface area contributed by atoms with E-state index in [9.17, 15) is 4.79 Å². The van der Waals surface area contributed by atoms with Crippen molar-refractivity contribution in [1.29, 1.82) is 0 Å². The fraction of sp³-hybridized carbons (Fsp3) is 0.167. The van der Waals surface area contributed by atoms with Gasteiger partial charge in [-0.15, -0.1) is 0 Å². The molecule has 0 saturated carbocycles. The number of aromatic nitrogens is 1. The Morgan fingerprint density at radius 2 is 2.06 bits per heavy atom. The number of aliphatic carboxylic acids is 1. The van der Waals surface area contributed by atoms with Crippen LogP contribution >= 0.6 is 0 Å². The maximum absolute atomic E-state index is 10.3. The van der Waals surface area contributed by atoms with Gasteiger partial charge in [0.05, 0.1) is 11.9 Å². The molecule has 4 heteroatoms. The molecule has 1 aromatic heterocycles. The zero-order valence-corrected chi connectivity index (χ0v) is 8.68. The fourth-order valence-corrected chi connectivity index (χ4v) is 1.46. The topological polar surface area (TPSA) is 62.2 Å². The molecule has 0 radical (unpaired) electrons. The van der Waals surface area contributed by atoms with Crippen molar-refractivity contribution in [3.05, 3.63) is 36.4 Å². The largest absolute Gasteiger partial charge is 0.481 e. The van der Waals surface area contributed by atoms with E-state index in [0.717, 1.165) is 10.9 Å². The van der Waals surface area contributed by atoms with E-state index in [0.29, 0.717) is 12.4 Å². The van der Waals surface area contributed by atoms with E-state index >= 15 is 0 Å². The van der Waals surface area contributed by atoms with Gasteiger partial charge in [0.15, 0.2) is 0 Å². The number of hydrogen-bond donors (Lipinski definition) is 2. The van der Waals surface area contributed by atoms with Crippen molar-refractivity contribution in [1.82, 2.24) is 4.98 Å². The van der Waals surface area contributed by atoms with Gasteiger partial charge in [0.25, 0.3) is 0 Å². The molecule has 0 aliphatic heterocycles. The Morgan fingerprint density at radius 1 is 1.25 bits per heavy atom. The van der Waals surface area contributed by atoms with Crippen LogP contribution in [0.3, 0.4) is 0 Å². The van der Waals surface area contributed by atoms with Crippen molar-refractivity contribution >= 4 is 22.7 Å². The Labute approximate surface area is 92.9 Å². The molecular weight excluding hydrogens is 204 g/mol. The third-order valence-corrected chi connectivity index (χ3v) is 2.24. The number of carbonyl (C=O) groups is 1. The quantitative estimate of drug-likeness (QED) is 0.821. The van der Waals surface area contributed by atoms with Crippen molar-refractivity contribution in [2.45, 2.75) is 6.42 Å². The predicted molar refractivity (Wildman–Crippen MR) is 62.5 cm³/mol. The number of para-hydroxylation sites is 1. The Morgan fingerprint density at radius 3 is 2.88 bits per heavy atom. The summed E-state index contributed by atoms with van der Waals surface area (Å²) in [5, 5.41) is 12.6. The molecule has 0 atom stereocenters. The van der Waals surface area contributed by atoms with Gasteiger partial charge >= 0.3 is 5.97 Å². The number of carboxylic acid groups (broad SMARTS) is 1. The molecule has 82 valence electrons. The third-order valence-electron chi connectivity index (χ3n) is 2.24. The predicted octanol–water partition coefficient (Wildman–Crippen LogP) is 2.12. The second-order valence-electron chi connectivity index (χ2n) is 3.46. The second-order valence-corrected chi connectivity index (χ2v) is 3.46. The normalized spacial score (nSPS) is 10.2. The second kappa shape index (κ2) is 4.61. The lowest BCUT2D eigenvalue weighted by molar-refractivity contribution is -0.136. The standard InChI is InChI=1S/C12H12N2O2/c15-12(16)7-8-13-11-6-5-9-3-1-2-4-10(9)14-11/h1-6H,7-8H2,(H,13,14)(H,15,16). The number of carboxylic acids is 1. The minimum absolute atomic E-state index is 0.0918. The number of fused-ring (bicyclic) bond motifs is 1. The Hall–Kier alpha value is -2.10. The first-order valence-corrected chi connectivity index (χ1v) is 5.07. The maximum Gasteiger partial charge on any atom is 0.305 e. The Bertz CT molecular complexity index is 511. The molecule has 0 unspecified atom stereocenters. The molecule has 0 aliphatic carbocycles. The van der Waals surface area contributed by atoms with Crippen molar-refractivity contribution in [3.63, 3.8) is 0 Å². The van der Waals surface area contributed by atoms with E-state index in [1.165, 1.54) is 0 Å². The third kappa shape index (κ3) is 2.48. The summed E-state index contributed by atoms with van der Waals surface area (Å²) in [6.07, 6.45) is 0.0918. The molecule has 1 aromatic carbocycles. The highest BCUT2D eigenvalue weighted by molar-refractivity contribution is 5.80. The minimum atomic E-state index is -0.812. The van der Waals surface area contributed by atoms with Crippen LogP contribution in [0.5, 0.6) is 0 Å². The number of pyridine rings is 1. The van der Waals surface area contributed by atoms with Crippen LogP contribution in [-0.2, 0) is 4.79 Å². The molecule has 2 aromatic rings. The summed E-state index contributed by atoms with van der Waals surface area (Å²) < 4.78 is 0. The summed E-state index contributed by atoms with van der Waals surface area (Å²) >= 11 is 0. The molecule has 0 spiro atoms. The number of benzene rings is 1.